The maximum absolute atomic E-state index is 13.4. The number of alkyl halides is 3. The lowest BCUT2D eigenvalue weighted by Crippen LogP contribution is -2.12. The van der Waals surface area contributed by atoms with Gasteiger partial charge in [-0.15, -0.1) is 0 Å². The maximum Gasteiger partial charge on any atom is 0.416 e. The predicted octanol–water partition coefficient (Wildman–Crippen LogP) is 5.13. The van der Waals surface area contributed by atoms with Gasteiger partial charge in [-0.25, -0.2) is 4.39 Å². The van der Waals surface area contributed by atoms with E-state index >= 15 is 0 Å². The third kappa shape index (κ3) is 4.06. The molecule has 0 spiro atoms. The number of pyridine rings is 1. The molecule has 0 aliphatic rings. The van der Waals surface area contributed by atoms with Gasteiger partial charge in [0.2, 0.25) is 0 Å². The minimum absolute atomic E-state index is 0.0865. The number of aromatic nitrogens is 1. The van der Waals surface area contributed by atoms with Gasteiger partial charge < -0.3 is 0 Å². The monoisotopic (exact) mass is 311 g/mol. The summed E-state index contributed by atoms with van der Waals surface area (Å²) in [5.41, 5.74) is 0.841. The van der Waals surface area contributed by atoms with Crippen LogP contribution in [0.2, 0.25) is 0 Å². The van der Waals surface area contributed by atoms with E-state index in [0.717, 1.165) is 17.7 Å². The van der Waals surface area contributed by atoms with Gasteiger partial charge in [0.1, 0.15) is 5.82 Å². The first-order chi connectivity index (χ1) is 10.1. The van der Waals surface area contributed by atoms with Crippen LogP contribution in [-0.2, 0) is 18.0 Å². The van der Waals surface area contributed by atoms with Crippen LogP contribution in [0.4, 0.5) is 17.6 Å². The largest absolute Gasteiger partial charge is 0.416 e. The molecule has 1 aromatic heterocycles. The Labute approximate surface area is 127 Å². The summed E-state index contributed by atoms with van der Waals surface area (Å²) in [5.74, 6) is -0.892. The van der Waals surface area contributed by atoms with E-state index in [9.17, 15) is 17.6 Å². The van der Waals surface area contributed by atoms with E-state index < -0.39 is 17.6 Å². The molecular weight excluding hydrogens is 294 g/mol. The normalized spacial score (nSPS) is 12.5. The van der Waals surface area contributed by atoms with Crippen LogP contribution in [-0.4, -0.2) is 4.98 Å². The maximum atomic E-state index is 13.4. The van der Waals surface area contributed by atoms with Crippen LogP contribution in [0.1, 0.15) is 43.2 Å². The Morgan fingerprint density at radius 3 is 2.23 bits per heavy atom. The first-order valence-corrected chi connectivity index (χ1v) is 6.88. The van der Waals surface area contributed by atoms with Gasteiger partial charge in [0.25, 0.3) is 0 Å². The molecule has 0 saturated carbocycles. The van der Waals surface area contributed by atoms with E-state index in [2.05, 4.69) is 4.98 Å². The first kappa shape index (κ1) is 16.5. The number of halogens is 4. The van der Waals surface area contributed by atoms with Crippen LogP contribution >= 0.6 is 0 Å². The Morgan fingerprint density at radius 1 is 0.955 bits per heavy atom. The van der Waals surface area contributed by atoms with Crippen molar-refractivity contribution in [3.05, 3.63) is 64.7 Å². The highest BCUT2D eigenvalue weighted by Gasteiger charge is 2.31. The molecule has 0 atom stereocenters. The Hall–Kier alpha value is -1.91. The molecule has 118 valence electrons. The number of hydrogen-bond acceptors (Lipinski definition) is 1. The second-order valence-electron chi connectivity index (χ2n) is 6.31. The Morgan fingerprint density at radius 2 is 1.64 bits per heavy atom. The van der Waals surface area contributed by atoms with E-state index in [0.29, 0.717) is 11.8 Å². The summed E-state index contributed by atoms with van der Waals surface area (Å²) in [5, 5.41) is 0. The predicted molar refractivity (Wildman–Crippen MR) is 77.1 cm³/mol. The van der Waals surface area contributed by atoms with E-state index in [-0.39, 0.29) is 17.4 Å². The molecule has 0 radical (unpaired) electrons. The molecule has 2 aromatic rings. The summed E-state index contributed by atoms with van der Waals surface area (Å²) in [6.07, 6.45) is -2.78. The molecule has 0 N–H and O–H groups in total. The molecule has 0 aliphatic carbocycles. The third-order valence-corrected chi connectivity index (χ3v) is 3.35. The summed E-state index contributed by atoms with van der Waals surface area (Å²) < 4.78 is 51.6. The lowest BCUT2D eigenvalue weighted by Gasteiger charge is -2.19. The van der Waals surface area contributed by atoms with E-state index in [1.54, 1.807) is 6.20 Å². The summed E-state index contributed by atoms with van der Waals surface area (Å²) >= 11 is 0. The molecule has 1 aromatic carbocycles. The van der Waals surface area contributed by atoms with Crippen LogP contribution in [0.5, 0.6) is 0 Å². The SMILES string of the molecule is CC(C)(C)c1ccnc(Cc2cc(F)cc(C(F)(F)F)c2)c1. The third-order valence-electron chi connectivity index (χ3n) is 3.35. The smallest absolute Gasteiger partial charge is 0.261 e. The van der Waals surface area contributed by atoms with Crippen LogP contribution in [0.15, 0.2) is 36.5 Å². The van der Waals surface area contributed by atoms with Crippen molar-refractivity contribution in [2.75, 3.05) is 0 Å². The lowest BCUT2D eigenvalue weighted by molar-refractivity contribution is -0.137. The van der Waals surface area contributed by atoms with Gasteiger partial charge in [-0.3, -0.25) is 4.98 Å². The highest BCUT2D eigenvalue weighted by molar-refractivity contribution is 5.32. The highest BCUT2D eigenvalue weighted by Crippen LogP contribution is 2.31. The van der Waals surface area contributed by atoms with Gasteiger partial charge in [0.15, 0.2) is 0 Å². The van der Waals surface area contributed by atoms with Gasteiger partial charge in [0.05, 0.1) is 5.56 Å². The molecule has 0 fully saturated rings. The summed E-state index contributed by atoms with van der Waals surface area (Å²) in [4.78, 5) is 4.17. The molecule has 0 saturated heterocycles. The number of nitrogens with zero attached hydrogens (tertiary/aromatic N) is 1. The second kappa shape index (κ2) is 5.71. The zero-order valence-corrected chi connectivity index (χ0v) is 12.6. The number of rotatable bonds is 2. The molecular formula is C17H17F4N. The van der Waals surface area contributed by atoms with Crippen molar-refractivity contribution in [2.45, 2.75) is 38.8 Å². The lowest BCUT2D eigenvalue weighted by atomic mass is 9.87. The van der Waals surface area contributed by atoms with Crippen molar-refractivity contribution >= 4 is 0 Å². The molecule has 0 bridgehead atoms. The van der Waals surface area contributed by atoms with Crippen LogP contribution in [0.25, 0.3) is 0 Å². The summed E-state index contributed by atoms with van der Waals surface area (Å²) in [6, 6.07) is 6.30. The van der Waals surface area contributed by atoms with Crippen molar-refractivity contribution in [2.24, 2.45) is 0 Å². The molecule has 2 rings (SSSR count). The van der Waals surface area contributed by atoms with Gasteiger partial charge >= 0.3 is 6.18 Å². The fraction of sp³-hybridized carbons (Fsp3) is 0.353. The molecule has 5 heteroatoms. The van der Waals surface area contributed by atoms with E-state index in [1.807, 2.05) is 32.9 Å². The topological polar surface area (TPSA) is 12.9 Å². The van der Waals surface area contributed by atoms with Gasteiger partial charge in [-0.2, -0.15) is 13.2 Å². The second-order valence-corrected chi connectivity index (χ2v) is 6.31. The van der Waals surface area contributed by atoms with Crippen LogP contribution in [0, 0.1) is 5.82 Å². The number of benzene rings is 1. The molecule has 1 nitrogen and oxygen atoms in total. The van der Waals surface area contributed by atoms with Crippen LogP contribution in [0.3, 0.4) is 0 Å². The fourth-order valence-electron chi connectivity index (χ4n) is 2.17. The van der Waals surface area contributed by atoms with E-state index in [1.165, 1.54) is 0 Å². The average molecular weight is 311 g/mol. The first-order valence-electron chi connectivity index (χ1n) is 6.88. The Kier molecular flexibility index (Phi) is 4.27. The minimum Gasteiger partial charge on any atom is -0.261 e. The van der Waals surface area contributed by atoms with Crippen molar-refractivity contribution < 1.29 is 17.6 Å². The van der Waals surface area contributed by atoms with Gasteiger partial charge in [-0.05, 0) is 46.9 Å². The van der Waals surface area contributed by atoms with Crippen molar-refractivity contribution in [3.8, 4) is 0 Å². The summed E-state index contributed by atoms with van der Waals surface area (Å²) in [6.45, 7) is 6.11. The molecule has 22 heavy (non-hydrogen) atoms. The van der Waals surface area contributed by atoms with E-state index in [4.69, 9.17) is 0 Å². The van der Waals surface area contributed by atoms with Crippen LogP contribution < -0.4 is 0 Å². The van der Waals surface area contributed by atoms with Crippen molar-refractivity contribution in [1.29, 1.82) is 0 Å². The highest BCUT2D eigenvalue weighted by atomic mass is 19.4. The summed E-state index contributed by atoms with van der Waals surface area (Å²) in [7, 11) is 0. The number of hydrogen-bond donors (Lipinski definition) is 0. The Bertz CT molecular complexity index is 669. The quantitative estimate of drug-likeness (QED) is 0.701. The molecule has 0 aliphatic heterocycles. The van der Waals surface area contributed by atoms with Crippen molar-refractivity contribution in [1.82, 2.24) is 4.98 Å². The Balaban J connectivity index is 2.34. The minimum atomic E-state index is -4.56. The molecule has 1 heterocycles. The molecule has 0 unspecified atom stereocenters. The van der Waals surface area contributed by atoms with Gasteiger partial charge in [0, 0.05) is 18.3 Å². The fourth-order valence-corrected chi connectivity index (χ4v) is 2.17. The van der Waals surface area contributed by atoms with Crippen molar-refractivity contribution in [3.63, 3.8) is 0 Å². The van der Waals surface area contributed by atoms with Gasteiger partial charge in [-0.1, -0.05) is 20.8 Å². The zero-order chi connectivity index (χ0) is 16.5. The zero-order valence-electron chi connectivity index (χ0n) is 12.6. The standard InChI is InChI=1S/C17H17F4N/c1-16(2,3)12-4-5-22-15(10-12)8-11-6-13(17(19,20)21)9-14(18)7-11/h4-7,9-10H,8H2,1-3H3. The molecule has 0 amide bonds. The average Bonchev–Trinajstić information content (AvgIpc) is 2.36.